The van der Waals surface area contributed by atoms with Crippen molar-refractivity contribution in [1.29, 1.82) is 0 Å². The van der Waals surface area contributed by atoms with E-state index in [0.29, 0.717) is 29.5 Å². The van der Waals surface area contributed by atoms with Crippen LogP contribution in [-0.2, 0) is 13.0 Å². The Morgan fingerprint density at radius 3 is 2.69 bits per heavy atom. The molecule has 0 unspecified atom stereocenters. The molecule has 1 heterocycles. The number of fused-ring (bicyclic) bond motifs is 1. The quantitative estimate of drug-likeness (QED) is 0.562. The van der Waals surface area contributed by atoms with Crippen LogP contribution in [0.3, 0.4) is 0 Å². The standard InChI is InChI=1S/C23H18Cl2FN3O3/c24-13-3-4-16(20(30)10-13)23(32)29(11-12-2-1-7-28-21(12)22(27)31)19-6-5-15-17(19)8-14(25)9-18(15)26/h1-4,7-10,19,30H,5-6,11H2,(H2,27,31)/t19-/m1/s1. The van der Waals surface area contributed by atoms with Crippen LogP contribution in [0.25, 0.3) is 0 Å². The van der Waals surface area contributed by atoms with Crippen molar-refractivity contribution < 1.29 is 19.1 Å². The van der Waals surface area contributed by atoms with Crippen molar-refractivity contribution >= 4 is 35.0 Å². The monoisotopic (exact) mass is 473 g/mol. The number of primary amides is 1. The van der Waals surface area contributed by atoms with Gasteiger partial charge < -0.3 is 15.7 Å². The number of benzene rings is 2. The molecule has 0 aliphatic heterocycles. The van der Waals surface area contributed by atoms with E-state index in [2.05, 4.69) is 4.98 Å². The summed E-state index contributed by atoms with van der Waals surface area (Å²) in [6, 6.07) is 9.79. The summed E-state index contributed by atoms with van der Waals surface area (Å²) in [6.07, 6.45) is 2.29. The Kier molecular flexibility index (Phi) is 6.04. The summed E-state index contributed by atoms with van der Waals surface area (Å²) in [7, 11) is 0. The molecule has 1 aromatic heterocycles. The van der Waals surface area contributed by atoms with Crippen LogP contribution in [0, 0.1) is 5.82 Å². The Hall–Kier alpha value is -3.16. The van der Waals surface area contributed by atoms with E-state index in [0.717, 1.165) is 0 Å². The maximum atomic E-state index is 14.5. The van der Waals surface area contributed by atoms with Crippen molar-refractivity contribution in [3.63, 3.8) is 0 Å². The third-order valence-electron chi connectivity index (χ3n) is 5.51. The largest absolute Gasteiger partial charge is 0.507 e. The van der Waals surface area contributed by atoms with Gasteiger partial charge in [-0.25, -0.2) is 4.39 Å². The van der Waals surface area contributed by atoms with Gasteiger partial charge in [0.05, 0.1) is 11.6 Å². The lowest BCUT2D eigenvalue weighted by Crippen LogP contribution is -2.34. The molecule has 1 atom stereocenters. The van der Waals surface area contributed by atoms with Gasteiger partial charge in [0.1, 0.15) is 17.3 Å². The number of halogens is 3. The van der Waals surface area contributed by atoms with E-state index in [9.17, 15) is 19.1 Å². The van der Waals surface area contributed by atoms with Gasteiger partial charge in [0.2, 0.25) is 0 Å². The first-order valence-corrected chi connectivity index (χ1v) is 10.5. The Balaban J connectivity index is 1.82. The fraction of sp³-hybridized carbons (Fsp3) is 0.174. The van der Waals surface area contributed by atoms with Crippen LogP contribution >= 0.6 is 23.2 Å². The molecule has 4 rings (SSSR count). The number of amides is 2. The van der Waals surface area contributed by atoms with Crippen molar-refractivity contribution in [3.8, 4) is 5.75 Å². The van der Waals surface area contributed by atoms with E-state index in [1.807, 2.05) is 0 Å². The molecular formula is C23H18Cl2FN3O3. The van der Waals surface area contributed by atoms with Crippen LogP contribution in [0.4, 0.5) is 4.39 Å². The maximum Gasteiger partial charge on any atom is 0.267 e. The Bertz CT molecular complexity index is 1240. The second-order valence-corrected chi connectivity index (χ2v) is 8.35. The number of nitrogens with two attached hydrogens (primary N) is 1. The first-order valence-electron chi connectivity index (χ1n) is 9.77. The summed E-state index contributed by atoms with van der Waals surface area (Å²) in [5.41, 5.74) is 7.01. The second-order valence-electron chi connectivity index (χ2n) is 7.48. The summed E-state index contributed by atoms with van der Waals surface area (Å²) in [5.74, 6) is -1.97. The second kappa shape index (κ2) is 8.76. The van der Waals surface area contributed by atoms with Gasteiger partial charge in [0.15, 0.2) is 0 Å². The van der Waals surface area contributed by atoms with Crippen LogP contribution in [0.15, 0.2) is 48.7 Å². The van der Waals surface area contributed by atoms with Gasteiger partial charge in [-0.15, -0.1) is 0 Å². The van der Waals surface area contributed by atoms with Crippen molar-refractivity contribution in [2.45, 2.75) is 25.4 Å². The molecule has 164 valence electrons. The molecule has 0 spiro atoms. The molecule has 9 heteroatoms. The highest BCUT2D eigenvalue weighted by Gasteiger charge is 2.35. The van der Waals surface area contributed by atoms with Gasteiger partial charge in [-0.2, -0.15) is 0 Å². The average Bonchev–Trinajstić information content (AvgIpc) is 3.15. The highest BCUT2D eigenvalue weighted by molar-refractivity contribution is 6.31. The van der Waals surface area contributed by atoms with E-state index >= 15 is 0 Å². The highest BCUT2D eigenvalue weighted by atomic mass is 35.5. The minimum absolute atomic E-state index is 0.0230. The Morgan fingerprint density at radius 2 is 1.97 bits per heavy atom. The van der Waals surface area contributed by atoms with Crippen molar-refractivity contribution in [3.05, 3.63) is 92.5 Å². The van der Waals surface area contributed by atoms with Crippen molar-refractivity contribution in [1.82, 2.24) is 9.88 Å². The van der Waals surface area contributed by atoms with Gasteiger partial charge in [-0.05, 0) is 60.4 Å². The number of hydrogen-bond acceptors (Lipinski definition) is 4. The maximum absolute atomic E-state index is 14.5. The van der Waals surface area contributed by atoms with Crippen molar-refractivity contribution in [2.75, 3.05) is 0 Å². The number of nitrogens with zero attached hydrogens (tertiary/aromatic N) is 2. The molecule has 0 radical (unpaired) electrons. The third-order valence-corrected chi connectivity index (χ3v) is 5.97. The lowest BCUT2D eigenvalue weighted by molar-refractivity contribution is 0.0652. The average molecular weight is 474 g/mol. The molecule has 32 heavy (non-hydrogen) atoms. The zero-order valence-electron chi connectivity index (χ0n) is 16.7. The summed E-state index contributed by atoms with van der Waals surface area (Å²) in [4.78, 5) is 31.0. The van der Waals surface area contributed by atoms with Crippen LogP contribution in [0.1, 0.15) is 50.0 Å². The smallest absolute Gasteiger partial charge is 0.267 e. The van der Waals surface area contributed by atoms with Crippen LogP contribution in [-0.4, -0.2) is 26.8 Å². The number of carbonyl (C=O) groups is 2. The number of rotatable bonds is 5. The fourth-order valence-electron chi connectivity index (χ4n) is 4.08. The normalized spacial score (nSPS) is 14.8. The summed E-state index contributed by atoms with van der Waals surface area (Å²) in [6.45, 7) is -0.0365. The molecule has 0 fully saturated rings. The number of hydrogen-bond donors (Lipinski definition) is 2. The van der Waals surface area contributed by atoms with E-state index in [1.54, 1.807) is 18.2 Å². The molecule has 6 nitrogen and oxygen atoms in total. The number of aromatic hydroxyl groups is 1. The van der Waals surface area contributed by atoms with E-state index in [4.69, 9.17) is 28.9 Å². The Morgan fingerprint density at radius 1 is 1.19 bits per heavy atom. The van der Waals surface area contributed by atoms with Crippen LogP contribution in [0.5, 0.6) is 5.75 Å². The van der Waals surface area contributed by atoms with Gasteiger partial charge in [-0.3, -0.25) is 14.6 Å². The SMILES string of the molecule is NC(=O)c1ncccc1CN(C(=O)c1ccc(Cl)cc1O)[C@@H]1CCc2c(F)cc(Cl)cc21. The first kappa shape index (κ1) is 22.0. The zero-order chi connectivity index (χ0) is 23.0. The molecular weight excluding hydrogens is 456 g/mol. The minimum Gasteiger partial charge on any atom is -0.507 e. The predicted molar refractivity (Wildman–Crippen MR) is 118 cm³/mol. The molecule has 2 amide bonds. The Labute approximate surface area is 193 Å². The molecule has 2 aromatic carbocycles. The van der Waals surface area contributed by atoms with Crippen LogP contribution < -0.4 is 5.73 Å². The molecule has 3 aromatic rings. The predicted octanol–water partition coefficient (Wildman–Crippen LogP) is 4.66. The number of aromatic nitrogens is 1. The van der Waals surface area contributed by atoms with Gasteiger partial charge in [-0.1, -0.05) is 29.3 Å². The molecule has 3 N–H and O–H groups in total. The number of phenols is 1. The number of carbonyl (C=O) groups excluding carboxylic acids is 2. The number of pyridine rings is 1. The highest BCUT2D eigenvalue weighted by Crippen LogP contribution is 2.41. The zero-order valence-corrected chi connectivity index (χ0v) is 18.2. The molecule has 0 saturated heterocycles. The lowest BCUT2D eigenvalue weighted by Gasteiger charge is -2.31. The van der Waals surface area contributed by atoms with E-state index in [-0.39, 0.29) is 33.6 Å². The van der Waals surface area contributed by atoms with Gasteiger partial charge >= 0.3 is 0 Å². The minimum atomic E-state index is -0.733. The summed E-state index contributed by atoms with van der Waals surface area (Å²) >= 11 is 12.0. The molecule has 1 aliphatic carbocycles. The topological polar surface area (TPSA) is 96.5 Å². The van der Waals surface area contributed by atoms with E-state index in [1.165, 1.54) is 35.4 Å². The van der Waals surface area contributed by atoms with Crippen molar-refractivity contribution in [2.24, 2.45) is 5.73 Å². The fourth-order valence-corrected chi connectivity index (χ4v) is 4.46. The van der Waals surface area contributed by atoms with Crippen LogP contribution in [0.2, 0.25) is 10.0 Å². The number of phenolic OH excluding ortho intramolecular Hbond substituents is 1. The lowest BCUT2D eigenvalue weighted by atomic mass is 10.0. The first-order chi connectivity index (χ1) is 15.3. The third kappa shape index (κ3) is 4.13. The summed E-state index contributed by atoms with van der Waals surface area (Å²) in [5, 5.41) is 10.8. The molecule has 1 aliphatic rings. The molecule has 0 saturated carbocycles. The van der Waals surface area contributed by atoms with Gasteiger partial charge in [0.25, 0.3) is 11.8 Å². The van der Waals surface area contributed by atoms with E-state index < -0.39 is 23.7 Å². The molecule has 0 bridgehead atoms. The van der Waals surface area contributed by atoms with Gasteiger partial charge in [0, 0.05) is 28.4 Å². The summed E-state index contributed by atoms with van der Waals surface area (Å²) < 4.78 is 14.5.